The van der Waals surface area contributed by atoms with Crippen molar-refractivity contribution in [2.75, 3.05) is 14.2 Å². The number of carbonyl (C=O) groups is 2. The predicted molar refractivity (Wildman–Crippen MR) is 211 cm³/mol. The van der Waals surface area contributed by atoms with E-state index in [1.54, 1.807) is 51.1 Å². The molecule has 15 heteroatoms. The van der Waals surface area contributed by atoms with Crippen LogP contribution in [0.3, 0.4) is 0 Å². The third kappa shape index (κ3) is 6.29. The molecule has 9 rings (SSSR count). The Morgan fingerprint density at radius 2 is 1.09 bits per heavy atom. The van der Waals surface area contributed by atoms with E-state index in [2.05, 4.69) is 38.0 Å². The van der Waals surface area contributed by atoms with Crippen molar-refractivity contribution in [3.8, 4) is 23.0 Å². The molecule has 0 unspecified atom stereocenters. The molecule has 4 aliphatic rings. The van der Waals surface area contributed by atoms with E-state index in [9.17, 15) is 9.59 Å². The maximum absolute atomic E-state index is 13.8. The SMILES string of the molecule is COc1cc2c(cc1OCc1cc(CBr)cc(COc3cc4c(cc3OC)C(=O)N3Cc5ncn(C)c5C[C@H]3C=N4)c1)N=C[C@@H]1Cc3c(ncn3C)CN1C2=O. The second kappa shape index (κ2) is 14.3. The summed E-state index contributed by atoms with van der Waals surface area (Å²) in [7, 11) is 7.06. The van der Waals surface area contributed by atoms with Gasteiger partial charge in [0, 0.05) is 68.2 Å². The van der Waals surface area contributed by atoms with Crippen molar-refractivity contribution in [1.29, 1.82) is 0 Å². The Morgan fingerprint density at radius 1 is 0.643 bits per heavy atom. The highest BCUT2D eigenvalue weighted by molar-refractivity contribution is 9.08. The summed E-state index contributed by atoms with van der Waals surface area (Å²) in [4.78, 5) is 49.8. The fraction of sp³-hybridized carbons (Fsp3) is 0.317. The molecule has 5 aromatic rings. The van der Waals surface area contributed by atoms with Crippen LogP contribution in [0.1, 0.15) is 60.2 Å². The number of alkyl halides is 1. The highest BCUT2D eigenvalue weighted by atomic mass is 79.9. The third-order valence-electron chi connectivity index (χ3n) is 10.9. The topological polar surface area (TPSA) is 138 Å². The Kier molecular flexibility index (Phi) is 9.11. The largest absolute Gasteiger partial charge is 0.493 e. The first-order valence-electron chi connectivity index (χ1n) is 18.3. The van der Waals surface area contributed by atoms with Gasteiger partial charge in [-0.05, 0) is 34.9 Å². The fourth-order valence-electron chi connectivity index (χ4n) is 7.93. The summed E-state index contributed by atoms with van der Waals surface area (Å²) in [6.45, 7) is 1.29. The normalized spacial score (nSPS) is 17.9. The molecular formula is C41H39BrN8O6. The minimum Gasteiger partial charge on any atom is -0.493 e. The van der Waals surface area contributed by atoms with Crippen LogP contribution in [-0.4, -0.2) is 79.4 Å². The van der Waals surface area contributed by atoms with Crippen LogP contribution in [0.15, 0.2) is 65.1 Å². The van der Waals surface area contributed by atoms with Gasteiger partial charge in [0.25, 0.3) is 11.8 Å². The number of fused-ring (bicyclic) bond motifs is 6. The van der Waals surface area contributed by atoms with Gasteiger partial charge in [-0.1, -0.05) is 28.1 Å². The number of nitrogens with zero attached hydrogens (tertiary/aromatic N) is 8. The molecule has 0 spiro atoms. The summed E-state index contributed by atoms with van der Waals surface area (Å²) in [5.74, 6) is 1.59. The molecule has 0 N–H and O–H groups in total. The van der Waals surface area contributed by atoms with Crippen LogP contribution in [0.2, 0.25) is 0 Å². The van der Waals surface area contributed by atoms with Crippen LogP contribution >= 0.6 is 15.9 Å². The lowest BCUT2D eigenvalue weighted by Gasteiger charge is -2.32. The molecule has 4 aliphatic heterocycles. The number of methoxy groups -OCH3 is 2. The first-order chi connectivity index (χ1) is 27.2. The van der Waals surface area contributed by atoms with Crippen LogP contribution in [0.25, 0.3) is 0 Å². The molecule has 0 bridgehead atoms. The zero-order valence-electron chi connectivity index (χ0n) is 31.4. The lowest BCUT2D eigenvalue weighted by Crippen LogP contribution is -2.44. The molecule has 56 heavy (non-hydrogen) atoms. The van der Waals surface area contributed by atoms with Crippen molar-refractivity contribution in [1.82, 2.24) is 28.9 Å². The first-order valence-corrected chi connectivity index (χ1v) is 19.4. The van der Waals surface area contributed by atoms with Crippen molar-refractivity contribution in [3.05, 3.63) is 106 Å². The van der Waals surface area contributed by atoms with Crippen molar-refractivity contribution in [2.45, 2.75) is 56.6 Å². The van der Waals surface area contributed by atoms with Crippen molar-refractivity contribution in [2.24, 2.45) is 24.1 Å². The number of halogens is 1. The van der Waals surface area contributed by atoms with Gasteiger partial charge < -0.3 is 37.9 Å². The average Bonchev–Trinajstić information content (AvgIpc) is 3.69. The molecule has 6 heterocycles. The number of ether oxygens (including phenoxy) is 4. The number of hydrogen-bond acceptors (Lipinski definition) is 10. The Balaban J connectivity index is 0.925. The number of aryl methyl sites for hydroxylation is 2. The number of aromatic nitrogens is 4. The number of amides is 2. The maximum Gasteiger partial charge on any atom is 0.257 e. The molecule has 0 saturated carbocycles. The minimum atomic E-state index is -0.180. The van der Waals surface area contributed by atoms with Gasteiger partial charge in [0.05, 0.1) is 85.9 Å². The van der Waals surface area contributed by atoms with Crippen LogP contribution in [-0.2, 0) is 58.6 Å². The highest BCUT2D eigenvalue weighted by Gasteiger charge is 2.36. The summed E-state index contributed by atoms with van der Waals surface area (Å²) in [6, 6.07) is 12.7. The molecule has 2 atom stereocenters. The predicted octanol–water partition coefficient (Wildman–Crippen LogP) is 5.79. The molecule has 0 radical (unpaired) electrons. The van der Waals surface area contributed by atoms with Gasteiger partial charge in [0.15, 0.2) is 23.0 Å². The van der Waals surface area contributed by atoms with Crippen molar-refractivity contribution < 1.29 is 28.5 Å². The Bertz CT molecular complexity index is 2310. The number of hydrogen-bond donors (Lipinski definition) is 0. The number of rotatable bonds is 9. The van der Waals surface area contributed by atoms with Gasteiger partial charge in [-0.15, -0.1) is 0 Å². The maximum atomic E-state index is 13.8. The van der Waals surface area contributed by atoms with E-state index in [-0.39, 0.29) is 37.1 Å². The molecular weight excluding hydrogens is 780 g/mol. The molecule has 0 aliphatic carbocycles. The second-order valence-electron chi connectivity index (χ2n) is 14.4. The summed E-state index contributed by atoms with van der Waals surface area (Å²) in [6.07, 6.45) is 8.54. The van der Waals surface area contributed by atoms with Gasteiger partial charge in [-0.3, -0.25) is 19.6 Å². The quantitative estimate of drug-likeness (QED) is 0.171. The van der Waals surface area contributed by atoms with E-state index in [1.165, 1.54) is 0 Å². The third-order valence-corrected chi connectivity index (χ3v) is 11.6. The molecule has 0 fully saturated rings. The van der Waals surface area contributed by atoms with Crippen LogP contribution in [0, 0.1) is 0 Å². The number of benzene rings is 3. The second-order valence-corrected chi connectivity index (χ2v) is 14.9. The standard InChI is InChI=1S/C41H39BrN8O6/c1-47-21-45-32-17-49-26(8-34(32)47)15-43-30-12-38(36(53-3)10-28(30)40(49)51)55-19-24-5-23(14-42)6-25(7-24)20-56-39-13-31-29(11-37(39)54-4)41(52)50-18-33-35(48(2)22-46-33)9-27(50)16-44-31/h5-7,10-13,15-16,21-22,26-27H,8-9,14,17-20H2,1-4H3/t26-,27-/m0/s1. The van der Waals surface area contributed by atoms with Crippen molar-refractivity contribution >= 4 is 51.5 Å². The van der Waals surface area contributed by atoms with E-state index >= 15 is 0 Å². The minimum absolute atomic E-state index is 0.123. The van der Waals surface area contributed by atoms with E-state index in [4.69, 9.17) is 28.9 Å². The van der Waals surface area contributed by atoms with E-state index < -0.39 is 0 Å². The molecule has 286 valence electrons. The zero-order valence-corrected chi connectivity index (χ0v) is 32.9. The first kappa shape index (κ1) is 35.7. The molecule has 2 aromatic heterocycles. The fourth-order valence-corrected chi connectivity index (χ4v) is 8.25. The molecule has 2 amide bonds. The van der Waals surface area contributed by atoms with Gasteiger partial charge in [-0.25, -0.2) is 9.97 Å². The Morgan fingerprint density at radius 3 is 1.52 bits per heavy atom. The van der Waals surface area contributed by atoms with Gasteiger partial charge >= 0.3 is 0 Å². The summed E-state index contributed by atoms with van der Waals surface area (Å²) >= 11 is 3.61. The molecule has 14 nitrogen and oxygen atoms in total. The summed E-state index contributed by atoms with van der Waals surface area (Å²) in [5, 5.41) is 0.625. The monoisotopic (exact) mass is 818 g/mol. The zero-order chi connectivity index (χ0) is 38.7. The lowest BCUT2D eigenvalue weighted by atomic mass is 10.0. The smallest absolute Gasteiger partial charge is 0.257 e. The van der Waals surface area contributed by atoms with Gasteiger partial charge in [0.1, 0.15) is 13.2 Å². The number of imidazole rings is 2. The van der Waals surface area contributed by atoms with Crippen molar-refractivity contribution in [3.63, 3.8) is 0 Å². The van der Waals surface area contributed by atoms with E-state index in [0.717, 1.165) is 39.5 Å². The number of aliphatic imine (C=N–C) groups is 2. The van der Waals surface area contributed by atoms with E-state index in [0.29, 0.717) is 76.8 Å². The Hall–Kier alpha value is -5.96. The van der Waals surface area contributed by atoms with Gasteiger partial charge in [-0.2, -0.15) is 0 Å². The lowest BCUT2D eigenvalue weighted by molar-refractivity contribution is 0.0691. The van der Waals surface area contributed by atoms with E-state index in [1.807, 2.05) is 51.5 Å². The summed E-state index contributed by atoms with van der Waals surface area (Å²) in [5.41, 5.74) is 8.85. The van der Waals surface area contributed by atoms with Crippen LogP contribution in [0.5, 0.6) is 23.0 Å². The number of carbonyl (C=O) groups excluding carboxylic acids is 2. The van der Waals surface area contributed by atoms with Crippen LogP contribution < -0.4 is 18.9 Å². The summed E-state index contributed by atoms with van der Waals surface area (Å²) < 4.78 is 28.2. The molecule has 3 aromatic carbocycles. The van der Waals surface area contributed by atoms with Crippen LogP contribution in [0.4, 0.5) is 11.4 Å². The molecule has 0 saturated heterocycles. The Labute approximate surface area is 331 Å². The highest BCUT2D eigenvalue weighted by Crippen LogP contribution is 2.40. The average molecular weight is 820 g/mol. The van der Waals surface area contributed by atoms with Gasteiger partial charge in [0.2, 0.25) is 0 Å².